The first-order valence-electron chi connectivity index (χ1n) is 5.78. The van der Waals surface area contributed by atoms with Crippen molar-refractivity contribution in [2.75, 3.05) is 11.4 Å². The van der Waals surface area contributed by atoms with Gasteiger partial charge in [0.15, 0.2) is 5.82 Å². The van der Waals surface area contributed by atoms with Crippen molar-refractivity contribution in [1.29, 1.82) is 0 Å². The summed E-state index contributed by atoms with van der Waals surface area (Å²) in [4.78, 5) is 10.5. The van der Waals surface area contributed by atoms with Gasteiger partial charge >= 0.3 is 0 Å². The van der Waals surface area contributed by atoms with Crippen molar-refractivity contribution < 1.29 is 4.39 Å². The molecule has 2 rings (SSSR count). The first-order valence-corrected chi connectivity index (χ1v) is 5.78. The van der Waals surface area contributed by atoms with Crippen LogP contribution in [0.2, 0.25) is 0 Å². The smallest absolute Gasteiger partial charge is 0.151 e. The lowest BCUT2D eigenvalue weighted by Gasteiger charge is -2.22. The largest absolute Gasteiger partial charge is 0.325 e. The highest BCUT2D eigenvalue weighted by Gasteiger charge is 2.09. The van der Waals surface area contributed by atoms with Crippen LogP contribution in [0, 0.1) is 5.82 Å². The second-order valence-electron chi connectivity index (χ2n) is 3.79. The third-order valence-corrected chi connectivity index (χ3v) is 2.61. The van der Waals surface area contributed by atoms with E-state index in [4.69, 9.17) is 5.73 Å². The molecule has 0 bridgehead atoms. The highest BCUT2D eigenvalue weighted by molar-refractivity contribution is 5.58. The number of hydrogen-bond acceptors (Lipinski definition) is 4. The topological polar surface area (TPSA) is 55.0 Å². The first-order chi connectivity index (χ1) is 8.74. The van der Waals surface area contributed by atoms with Crippen LogP contribution in [0.1, 0.15) is 12.6 Å². The van der Waals surface area contributed by atoms with E-state index in [-0.39, 0.29) is 5.82 Å². The van der Waals surface area contributed by atoms with Crippen LogP contribution in [0.4, 0.5) is 15.9 Å². The average molecular weight is 246 g/mol. The molecule has 94 valence electrons. The number of aromatic nitrogens is 2. The van der Waals surface area contributed by atoms with Crippen LogP contribution in [0.25, 0.3) is 0 Å². The Balaban J connectivity index is 2.35. The van der Waals surface area contributed by atoms with Crippen LogP contribution >= 0.6 is 0 Å². The number of rotatable bonds is 4. The molecule has 0 atom stereocenters. The van der Waals surface area contributed by atoms with E-state index in [1.54, 1.807) is 24.5 Å². The maximum absolute atomic E-state index is 12.9. The normalized spacial score (nSPS) is 10.4. The summed E-state index contributed by atoms with van der Waals surface area (Å²) >= 11 is 0. The molecule has 4 nitrogen and oxygen atoms in total. The third kappa shape index (κ3) is 2.62. The minimum absolute atomic E-state index is 0.253. The molecule has 0 aliphatic heterocycles. The van der Waals surface area contributed by atoms with Gasteiger partial charge in [0.05, 0.1) is 11.9 Å². The zero-order valence-electron chi connectivity index (χ0n) is 10.2. The zero-order chi connectivity index (χ0) is 13.0. The number of benzene rings is 1. The second-order valence-corrected chi connectivity index (χ2v) is 3.79. The predicted molar refractivity (Wildman–Crippen MR) is 69.0 cm³/mol. The van der Waals surface area contributed by atoms with Crippen molar-refractivity contribution in [2.45, 2.75) is 13.5 Å². The van der Waals surface area contributed by atoms with E-state index in [2.05, 4.69) is 9.97 Å². The van der Waals surface area contributed by atoms with E-state index in [0.717, 1.165) is 11.4 Å². The number of nitrogens with two attached hydrogens (primary N) is 1. The van der Waals surface area contributed by atoms with Crippen molar-refractivity contribution in [3.63, 3.8) is 0 Å². The highest BCUT2D eigenvalue weighted by atomic mass is 19.1. The molecule has 0 saturated heterocycles. The minimum atomic E-state index is -0.253. The van der Waals surface area contributed by atoms with Gasteiger partial charge in [-0.2, -0.15) is 0 Å². The van der Waals surface area contributed by atoms with Crippen molar-refractivity contribution in [1.82, 2.24) is 9.97 Å². The molecule has 18 heavy (non-hydrogen) atoms. The van der Waals surface area contributed by atoms with Gasteiger partial charge in [0.25, 0.3) is 0 Å². The quantitative estimate of drug-likeness (QED) is 0.898. The van der Waals surface area contributed by atoms with Crippen LogP contribution in [0.3, 0.4) is 0 Å². The lowest BCUT2D eigenvalue weighted by Crippen LogP contribution is -2.18. The molecule has 2 N–H and O–H groups in total. The second kappa shape index (κ2) is 5.55. The maximum Gasteiger partial charge on any atom is 0.151 e. The van der Waals surface area contributed by atoms with Gasteiger partial charge in [-0.3, -0.25) is 4.98 Å². The van der Waals surface area contributed by atoms with E-state index in [1.807, 2.05) is 11.8 Å². The maximum atomic E-state index is 12.9. The van der Waals surface area contributed by atoms with Crippen LogP contribution in [0.5, 0.6) is 0 Å². The molecule has 5 heteroatoms. The summed E-state index contributed by atoms with van der Waals surface area (Å²) in [6.07, 6.45) is 3.31. The first kappa shape index (κ1) is 12.4. The monoisotopic (exact) mass is 246 g/mol. The van der Waals surface area contributed by atoms with Crippen LogP contribution in [0.15, 0.2) is 36.7 Å². The lowest BCUT2D eigenvalue weighted by molar-refractivity contribution is 0.627. The Morgan fingerprint density at radius 2 is 1.94 bits per heavy atom. The third-order valence-electron chi connectivity index (χ3n) is 2.61. The van der Waals surface area contributed by atoms with Gasteiger partial charge in [0.2, 0.25) is 0 Å². The summed E-state index contributed by atoms with van der Waals surface area (Å²) in [7, 11) is 0. The Labute approximate surface area is 105 Å². The van der Waals surface area contributed by atoms with Gasteiger partial charge in [-0.1, -0.05) is 0 Å². The van der Waals surface area contributed by atoms with E-state index >= 15 is 0 Å². The summed E-state index contributed by atoms with van der Waals surface area (Å²) in [5.74, 6) is 0.462. The molecule has 0 amide bonds. The van der Waals surface area contributed by atoms with Gasteiger partial charge in [-0.15, -0.1) is 0 Å². The van der Waals surface area contributed by atoms with Crippen molar-refractivity contribution >= 4 is 11.5 Å². The average Bonchev–Trinajstić information content (AvgIpc) is 2.42. The Morgan fingerprint density at radius 3 is 2.56 bits per heavy atom. The Hall–Kier alpha value is -2.01. The fourth-order valence-corrected chi connectivity index (χ4v) is 1.72. The number of hydrogen-bond donors (Lipinski definition) is 1. The zero-order valence-corrected chi connectivity index (χ0v) is 10.2. The van der Waals surface area contributed by atoms with E-state index < -0.39 is 0 Å². The summed E-state index contributed by atoms with van der Waals surface area (Å²) in [5.41, 5.74) is 7.16. The summed E-state index contributed by atoms with van der Waals surface area (Å²) in [6, 6.07) is 6.29. The van der Waals surface area contributed by atoms with Crippen LogP contribution < -0.4 is 10.6 Å². The molecule has 2 aromatic rings. The molecule has 0 aliphatic carbocycles. The van der Waals surface area contributed by atoms with E-state index in [0.29, 0.717) is 18.9 Å². The molecule has 0 fully saturated rings. The minimum Gasteiger partial charge on any atom is -0.325 e. The van der Waals surface area contributed by atoms with Gasteiger partial charge in [-0.25, -0.2) is 9.37 Å². The number of nitrogens with zero attached hydrogens (tertiary/aromatic N) is 3. The predicted octanol–water partition coefficient (Wildman–Crippen LogP) is 2.23. The van der Waals surface area contributed by atoms with Gasteiger partial charge in [0, 0.05) is 25.0 Å². The molecule has 0 aliphatic rings. The lowest BCUT2D eigenvalue weighted by atomic mass is 10.3. The molecule has 1 heterocycles. The van der Waals surface area contributed by atoms with E-state index in [1.165, 1.54) is 12.1 Å². The number of halogens is 1. The van der Waals surface area contributed by atoms with Crippen molar-refractivity contribution in [2.24, 2.45) is 5.73 Å². The summed E-state index contributed by atoms with van der Waals surface area (Å²) < 4.78 is 12.9. The van der Waals surface area contributed by atoms with Gasteiger partial charge < -0.3 is 10.6 Å². The molecule has 0 unspecified atom stereocenters. The summed E-state index contributed by atoms with van der Waals surface area (Å²) in [5, 5.41) is 0. The van der Waals surface area contributed by atoms with E-state index in [9.17, 15) is 4.39 Å². The van der Waals surface area contributed by atoms with Crippen LogP contribution in [-0.4, -0.2) is 16.5 Å². The number of anilines is 2. The Morgan fingerprint density at radius 1 is 1.22 bits per heavy atom. The SMILES string of the molecule is CCN(c1ccc(F)cc1)c1cncc(CN)n1. The molecule has 0 spiro atoms. The standard InChI is InChI=1S/C13H15FN4/c1-2-18(12-5-3-10(14)4-6-12)13-9-16-8-11(7-15)17-13/h3-6,8-9H,2,7,15H2,1H3. The molecule has 1 aromatic heterocycles. The molecular weight excluding hydrogens is 231 g/mol. The molecule has 0 radical (unpaired) electrons. The van der Waals surface area contributed by atoms with Crippen molar-refractivity contribution in [3.8, 4) is 0 Å². The van der Waals surface area contributed by atoms with Gasteiger partial charge in [0.1, 0.15) is 5.82 Å². The Bertz CT molecular complexity index is 513. The molecular formula is C13H15FN4. The fraction of sp³-hybridized carbons (Fsp3) is 0.231. The summed E-state index contributed by atoms with van der Waals surface area (Å²) in [6.45, 7) is 3.07. The van der Waals surface area contributed by atoms with Gasteiger partial charge in [-0.05, 0) is 31.2 Å². The molecule has 1 aromatic carbocycles. The Kier molecular flexibility index (Phi) is 3.84. The molecule has 0 saturated carbocycles. The highest BCUT2D eigenvalue weighted by Crippen LogP contribution is 2.22. The fourth-order valence-electron chi connectivity index (χ4n) is 1.72. The van der Waals surface area contributed by atoms with Crippen molar-refractivity contribution in [3.05, 3.63) is 48.2 Å². The van der Waals surface area contributed by atoms with Crippen LogP contribution in [-0.2, 0) is 6.54 Å².